The minimum absolute atomic E-state index is 0.642. The monoisotopic (exact) mass is 218 g/mol. The Labute approximate surface area is 93.8 Å². The summed E-state index contributed by atoms with van der Waals surface area (Å²) in [6.45, 7) is 0. The summed E-state index contributed by atoms with van der Waals surface area (Å²) in [6, 6.07) is 5.51. The molecule has 0 aliphatic rings. The number of hydrogen-bond acceptors (Lipinski definition) is 4. The molecule has 16 heavy (non-hydrogen) atoms. The van der Waals surface area contributed by atoms with Gasteiger partial charge in [-0.15, -0.1) is 0 Å². The maximum Gasteiger partial charge on any atom is 0.121 e. The molecule has 0 atom stereocenters. The number of rotatable bonds is 3. The maximum absolute atomic E-state index is 5.88. The standard InChI is InChI=1S/C11H14N4O/c1-15-7-8(6-13-15)14-11-4-3-9(16-2)5-10(11)12/h3-7,14H,12H2,1-2H3. The van der Waals surface area contributed by atoms with Crippen molar-refractivity contribution in [2.75, 3.05) is 18.2 Å². The van der Waals surface area contributed by atoms with Crippen molar-refractivity contribution in [1.29, 1.82) is 0 Å². The van der Waals surface area contributed by atoms with Crippen LogP contribution in [0.25, 0.3) is 0 Å². The minimum atomic E-state index is 0.642. The molecule has 0 spiro atoms. The number of methoxy groups -OCH3 is 1. The lowest BCUT2D eigenvalue weighted by Gasteiger charge is -2.08. The zero-order valence-corrected chi connectivity index (χ0v) is 9.27. The van der Waals surface area contributed by atoms with Gasteiger partial charge in [0.2, 0.25) is 0 Å². The molecule has 2 aromatic rings. The minimum Gasteiger partial charge on any atom is -0.497 e. The number of aryl methyl sites for hydroxylation is 1. The Morgan fingerprint density at radius 1 is 1.44 bits per heavy atom. The van der Waals surface area contributed by atoms with Crippen molar-refractivity contribution in [2.24, 2.45) is 7.05 Å². The van der Waals surface area contributed by atoms with E-state index in [1.54, 1.807) is 24.1 Å². The number of nitrogens with two attached hydrogens (primary N) is 1. The van der Waals surface area contributed by atoms with E-state index >= 15 is 0 Å². The van der Waals surface area contributed by atoms with E-state index in [1.165, 1.54) is 0 Å². The third kappa shape index (κ3) is 2.08. The lowest BCUT2D eigenvalue weighted by molar-refractivity contribution is 0.415. The Morgan fingerprint density at radius 2 is 2.25 bits per heavy atom. The molecule has 3 N–H and O–H groups in total. The van der Waals surface area contributed by atoms with Crippen LogP contribution in [-0.4, -0.2) is 16.9 Å². The Hall–Kier alpha value is -2.17. The number of nitrogen functional groups attached to an aromatic ring is 1. The fourth-order valence-electron chi connectivity index (χ4n) is 1.42. The van der Waals surface area contributed by atoms with Gasteiger partial charge in [-0.3, -0.25) is 4.68 Å². The molecular weight excluding hydrogens is 204 g/mol. The summed E-state index contributed by atoms with van der Waals surface area (Å²) >= 11 is 0. The molecular formula is C11H14N4O. The molecule has 1 aromatic heterocycles. The van der Waals surface area contributed by atoms with Crippen LogP contribution in [0.15, 0.2) is 30.6 Å². The first kappa shape index (κ1) is 10.4. The predicted octanol–water partition coefficient (Wildman–Crippen LogP) is 1.75. The van der Waals surface area contributed by atoms with Gasteiger partial charge in [0.1, 0.15) is 5.75 Å². The second-order valence-corrected chi connectivity index (χ2v) is 3.48. The second kappa shape index (κ2) is 4.14. The van der Waals surface area contributed by atoms with E-state index in [9.17, 15) is 0 Å². The Kier molecular flexibility index (Phi) is 2.68. The van der Waals surface area contributed by atoms with Gasteiger partial charge in [-0.05, 0) is 12.1 Å². The molecule has 0 aliphatic carbocycles. The van der Waals surface area contributed by atoms with E-state index < -0.39 is 0 Å². The maximum atomic E-state index is 5.88. The lowest BCUT2D eigenvalue weighted by atomic mass is 10.2. The molecule has 0 radical (unpaired) electrons. The van der Waals surface area contributed by atoms with E-state index in [1.807, 2.05) is 25.4 Å². The first-order valence-electron chi connectivity index (χ1n) is 4.88. The topological polar surface area (TPSA) is 65.1 Å². The first-order chi connectivity index (χ1) is 7.69. The smallest absolute Gasteiger partial charge is 0.121 e. The van der Waals surface area contributed by atoms with E-state index in [0.29, 0.717) is 5.69 Å². The van der Waals surface area contributed by atoms with Crippen molar-refractivity contribution in [2.45, 2.75) is 0 Å². The molecule has 0 saturated heterocycles. The van der Waals surface area contributed by atoms with Crippen molar-refractivity contribution in [3.8, 4) is 5.75 Å². The van der Waals surface area contributed by atoms with Crippen molar-refractivity contribution in [1.82, 2.24) is 9.78 Å². The van der Waals surface area contributed by atoms with E-state index in [-0.39, 0.29) is 0 Å². The highest BCUT2D eigenvalue weighted by molar-refractivity contribution is 5.73. The molecule has 0 aliphatic heterocycles. The van der Waals surface area contributed by atoms with E-state index in [4.69, 9.17) is 10.5 Å². The summed E-state index contributed by atoms with van der Waals surface area (Å²) in [5.74, 6) is 0.745. The van der Waals surface area contributed by atoms with Gasteiger partial charge >= 0.3 is 0 Å². The molecule has 0 amide bonds. The van der Waals surface area contributed by atoms with Crippen LogP contribution in [0, 0.1) is 0 Å². The molecule has 0 saturated carbocycles. The number of ether oxygens (including phenoxy) is 1. The average Bonchev–Trinajstić information content (AvgIpc) is 2.67. The Bertz CT molecular complexity index is 492. The number of benzene rings is 1. The van der Waals surface area contributed by atoms with Gasteiger partial charge in [0, 0.05) is 19.3 Å². The molecule has 1 heterocycles. The van der Waals surface area contributed by atoms with Gasteiger partial charge in [0.15, 0.2) is 0 Å². The highest BCUT2D eigenvalue weighted by atomic mass is 16.5. The second-order valence-electron chi connectivity index (χ2n) is 3.48. The van der Waals surface area contributed by atoms with E-state index in [0.717, 1.165) is 17.1 Å². The third-order valence-corrected chi connectivity index (χ3v) is 2.24. The normalized spacial score (nSPS) is 10.1. The first-order valence-corrected chi connectivity index (χ1v) is 4.88. The van der Waals surface area contributed by atoms with Crippen molar-refractivity contribution in [3.05, 3.63) is 30.6 Å². The van der Waals surface area contributed by atoms with Crippen molar-refractivity contribution >= 4 is 17.1 Å². The summed E-state index contributed by atoms with van der Waals surface area (Å²) in [5, 5.41) is 7.25. The highest BCUT2D eigenvalue weighted by Crippen LogP contribution is 2.26. The predicted molar refractivity (Wildman–Crippen MR) is 63.9 cm³/mol. The molecule has 0 bridgehead atoms. The SMILES string of the molecule is COc1ccc(Nc2cnn(C)c2)c(N)c1. The molecule has 5 heteroatoms. The van der Waals surface area contributed by atoms with Crippen LogP contribution in [0.2, 0.25) is 0 Å². The summed E-state index contributed by atoms with van der Waals surface area (Å²) < 4.78 is 6.80. The van der Waals surface area contributed by atoms with Crippen molar-refractivity contribution < 1.29 is 4.74 Å². The molecule has 84 valence electrons. The van der Waals surface area contributed by atoms with Crippen molar-refractivity contribution in [3.63, 3.8) is 0 Å². The third-order valence-electron chi connectivity index (χ3n) is 2.24. The fourth-order valence-corrected chi connectivity index (χ4v) is 1.42. The zero-order valence-electron chi connectivity index (χ0n) is 9.27. The summed E-state index contributed by atoms with van der Waals surface area (Å²) in [5.41, 5.74) is 8.27. The number of aromatic nitrogens is 2. The highest BCUT2D eigenvalue weighted by Gasteiger charge is 2.02. The van der Waals surface area contributed by atoms with Gasteiger partial charge in [0.05, 0.1) is 30.4 Å². The van der Waals surface area contributed by atoms with Crippen LogP contribution in [0.1, 0.15) is 0 Å². The van der Waals surface area contributed by atoms with Gasteiger partial charge < -0.3 is 15.8 Å². The van der Waals surface area contributed by atoms with E-state index in [2.05, 4.69) is 10.4 Å². The van der Waals surface area contributed by atoms with Gasteiger partial charge in [-0.2, -0.15) is 5.10 Å². The van der Waals surface area contributed by atoms with Gasteiger partial charge in [0.25, 0.3) is 0 Å². The number of nitrogens with one attached hydrogen (secondary N) is 1. The van der Waals surface area contributed by atoms with Crippen LogP contribution in [0.4, 0.5) is 17.1 Å². The Morgan fingerprint density at radius 3 is 2.81 bits per heavy atom. The summed E-state index contributed by atoms with van der Waals surface area (Å²) in [7, 11) is 3.48. The van der Waals surface area contributed by atoms with Crippen LogP contribution in [0.3, 0.4) is 0 Å². The number of nitrogens with zero attached hydrogens (tertiary/aromatic N) is 2. The number of anilines is 3. The molecule has 1 aromatic carbocycles. The van der Waals surface area contributed by atoms with Gasteiger partial charge in [-0.25, -0.2) is 0 Å². The van der Waals surface area contributed by atoms with Crippen LogP contribution in [-0.2, 0) is 7.05 Å². The van der Waals surface area contributed by atoms with Crippen LogP contribution < -0.4 is 15.8 Å². The number of hydrogen-bond donors (Lipinski definition) is 2. The molecule has 0 fully saturated rings. The summed E-state index contributed by atoms with van der Waals surface area (Å²) in [6.07, 6.45) is 3.62. The average molecular weight is 218 g/mol. The Balaban J connectivity index is 2.21. The van der Waals surface area contributed by atoms with Crippen LogP contribution in [0.5, 0.6) is 5.75 Å². The fraction of sp³-hybridized carbons (Fsp3) is 0.182. The molecule has 5 nitrogen and oxygen atoms in total. The molecule has 0 unspecified atom stereocenters. The zero-order chi connectivity index (χ0) is 11.5. The largest absolute Gasteiger partial charge is 0.497 e. The molecule has 2 rings (SSSR count). The van der Waals surface area contributed by atoms with Crippen LogP contribution >= 0.6 is 0 Å². The summed E-state index contributed by atoms with van der Waals surface area (Å²) in [4.78, 5) is 0. The quantitative estimate of drug-likeness (QED) is 0.770. The lowest BCUT2D eigenvalue weighted by Crippen LogP contribution is -1.96. The van der Waals surface area contributed by atoms with Gasteiger partial charge in [-0.1, -0.05) is 0 Å².